The van der Waals surface area contributed by atoms with Crippen LogP contribution in [0.4, 0.5) is 0 Å². The maximum atomic E-state index is 9.37. The fourth-order valence-corrected chi connectivity index (χ4v) is 2.01. The highest BCUT2D eigenvalue weighted by molar-refractivity contribution is 5.40. The number of aromatic hydroxyl groups is 2. The summed E-state index contributed by atoms with van der Waals surface area (Å²) in [6.07, 6.45) is 8.25. The lowest BCUT2D eigenvalue weighted by molar-refractivity contribution is 0.403. The number of rotatable bonds is 8. The molecule has 18 heavy (non-hydrogen) atoms. The molecule has 1 aromatic rings. The number of hydrogen-bond donors (Lipinski definition) is 2. The van der Waals surface area contributed by atoms with Gasteiger partial charge in [0.2, 0.25) is 0 Å². The van der Waals surface area contributed by atoms with Gasteiger partial charge in [0.15, 0.2) is 11.5 Å². The molecule has 100 valence electrons. The van der Waals surface area contributed by atoms with E-state index in [1.54, 1.807) is 12.1 Å². The first-order valence-corrected chi connectivity index (χ1v) is 6.75. The highest BCUT2D eigenvalue weighted by atomic mass is 16.3. The van der Waals surface area contributed by atoms with Crippen molar-refractivity contribution in [2.24, 2.45) is 0 Å². The summed E-state index contributed by atoms with van der Waals surface area (Å²) in [5.74, 6) is -0.0625. The second-order valence-corrected chi connectivity index (χ2v) is 5.05. The summed E-state index contributed by atoms with van der Waals surface area (Å²) in [5, 5.41) is 18.6. The molecule has 0 atom stereocenters. The zero-order valence-electron chi connectivity index (χ0n) is 11.3. The third-order valence-corrected chi connectivity index (χ3v) is 3.11. The van der Waals surface area contributed by atoms with E-state index in [-0.39, 0.29) is 11.5 Å². The Bertz CT molecular complexity index is 383. The molecule has 1 aromatic carbocycles. The monoisotopic (exact) mass is 248 g/mol. The van der Waals surface area contributed by atoms with E-state index in [0.29, 0.717) is 0 Å². The molecule has 0 aliphatic heterocycles. The zero-order chi connectivity index (χ0) is 13.4. The Labute approximate surface area is 110 Å². The van der Waals surface area contributed by atoms with Gasteiger partial charge in [0.1, 0.15) is 0 Å². The van der Waals surface area contributed by atoms with Crippen molar-refractivity contribution in [1.29, 1.82) is 0 Å². The molecule has 0 radical (unpaired) electrons. The Balaban J connectivity index is 2.10. The van der Waals surface area contributed by atoms with E-state index < -0.39 is 0 Å². The average Bonchev–Trinajstić information content (AvgIpc) is 2.32. The standard InChI is InChI=1S/C16H24O2/c1-13(2)8-6-4-3-5-7-9-14-10-11-15(17)16(18)12-14/h10-12,17-18H,1,3-9H2,2H3. The molecule has 0 aliphatic carbocycles. The fourth-order valence-electron chi connectivity index (χ4n) is 2.01. The van der Waals surface area contributed by atoms with Gasteiger partial charge in [0.25, 0.3) is 0 Å². The van der Waals surface area contributed by atoms with Gasteiger partial charge in [0, 0.05) is 0 Å². The van der Waals surface area contributed by atoms with Crippen LogP contribution in [-0.4, -0.2) is 10.2 Å². The molecule has 0 spiro atoms. The van der Waals surface area contributed by atoms with Gasteiger partial charge in [0.05, 0.1) is 0 Å². The topological polar surface area (TPSA) is 40.5 Å². The van der Waals surface area contributed by atoms with Gasteiger partial charge in [-0.3, -0.25) is 0 Å². The molecule has 1 rings (SSSR count). The molecule has 0 bridgehead atoms. The SMILES string of the molecule is C=C(C)CCCCCCCc1ccc(O)c(O)c1. The number of unbranched alkanes of at least 4 members (excludes halogenated alkanes) is 4. The van der Waals surface area contributed by atoms with E-state index in [9.17, 15) is 10.2 Å². The molecule has 0 aromatic heterocycles. The first-order valence-electron chi connectivity index (χ1n) is 6.75. The second-order valence-electron chi connectivity index (χ2n) is 5.05. The predicted octanol–water partition coefficient (Wildman–Crippen LogP) is 4.56. The number of allylic oxidation sites excluding steroid dienone is 1. The summed E-state index contributed by atoms with van der Waals surface area (Å²) < 4.78 is 0. The third-order valence-electron chi connectivity index (χ3n) is 3.11. The maximum absolute atomic E-state index is 9.37. The molecular formula is C16H24O2. The van der Waals surface area contributed by atoms with Crippen LogP contribution in [0.2, 0.25) is 0 Å². The minimum absolute atomic E-state index is 0.0195. The van der Waals surface area contributed by atoms with E-state index in [1.165, 1.54) is 31.3 Å². The van der Waals surface area contributed by atoms with Gasteiger partial charge < -0.3 is 10.2 Å². The molecule has 0 aliphatic rings. The average molecular weight is 248 g/mol. The van der Waals surface area contributed by atoms with Crippen molar-refractivity contribution in [2.45, 2.75) is 51.9 Å². The number of hydrogen-bond acceptors (Lipinski definition) is 2. The summed E-state index contributed by atoms with van der Waals surface area (Å²) in [7, 11) is 0. The largest absolute Gasteiger partial charge is 0.504 e. The van der Waals surface area contributed by atoms with Crippen molar-refractivity contribution >= 4 is 0 Å². The van der Waals surface area contributed by atoms with Crippen molar-refractivity contribution in [3.63, 3.8) is 0 Å². The minimum Gasteiger partial charge on any atom is -0.504 e. The molecule has 0 amide bonds. The Morgan fingerprint density at radius 3 is 2.33 bits per heavy atom. The van der Waals surface area contributed by atoms with E-state index >= 15 is 0 Å². The van der Waals surface area contributed by atoms with Crippen LogP contribution >= 0.6 is 0 Å². The van der Waals surface area contributed by atoms with Crippen molar-refractivity contribution < 1.29 is 10.2 Å². The summed E-state index contributed by atoms with van der Waals surface area (Å²) >= 11 is 0. The van der Waals surface area contributed by atoms with Crippen LogP contribution < -0.4 is 0 Å². The van der Waals surface area contributed by atoms with Gasteiger partial charge in [-0.05, 0) is 50.3 Å². The van der Waals surface area contributed by atoms with Crippen LogP contribution in [0.15, 0.2) is 30.4 Å². The quantitative estimate of drug-likeness (QED) is 0.402. The van der Waals surface area contributed by atoms with Crippen molar-refractivity contribution in [3.05, 3.63) is 35.9 Å². The Kier molecular flexibility index (Phi) is 6.34. The number of aryl methyl sites for hydroxylation is 1. The van der Waals surface area contributed by atoms with Gasteiger partial charge in [-0.1, -0.05) is 30.9 Å². The van der Waals surface area contributed by atoms with Gasteiger partial charge in [-0.15, -0.1) is 6.58 Å². The Morgan fingerprint density at radius 1 is 1.00 bits per heavy atom. The molecule has 0 heterocycles. The van der Waals surface area contributed by atoms with Gasteiger partial charge in [-0.25, -0.2) is 0 Å². The molecule has 0 unspecified atom stereocenters. The molecule has 0 saturated carbocycles. The van der Waals surface area contributed by atoms with E-state index in [4.69, 9.17) is 0 Å². The van der Waals surface area contributed by atoms with Crippen LogP contribution in [0, 0.1) is 0 Å². The van der Waals surface area contributed by atoms with Crippen molar-refractivity contribution in [3.8, 4) is 11.5 Å². The molecule has 0 fully saturated rings. The highest BCUT2D eigenvalue weighted by Crippen LogP contribution is 2.25. The maximum Gasteiger partial charge on any atom is 0.157 e. The second kappa shape index (κ2) is 7.80. The van der Waals surface area contributed by atoms with Crippen LogP contribution in [0.1, 0.15) is 51.0 Å². The van der Waals surface area contributed by atoms with Gasteiger partial charge >= 0.3 is 0 Å². The third kappa shape index (κ3) is 5.76. The van der Waals surface area contributed by atoms with Crippen LogP contribution in [0.25, 0.3) is 0 Å². The Morgan fingerprint density at radius 2 is 1.67 bits per heavy atom. The minimum atomic E-state index is -0.0430. The Hall–Kier alpha value is -1.44. The molecule has 2 nitrogen and oxygen atoms in total. The smallest absolute Gasteiger partial charge is 0.157 e. The fraction of sp³-hybridized carbons (Fsp3) is 0.500. The molecule has 2 heteroatoms. The predicted molar refractivity (Wildman–Crippen MR) is 76.0 cm³/mol. The van der Waals surface area contributed by atoms with E-state index in [1.807, 2.05) is 6.07 Å². The van der Waals surface area contributed by atoms with Gasteiger partial charge in [-0.2, -0.15) is 0 Å². The number of benzene rings is 1. The lowest BCUT2D eigenvalue weighted by Crippen LogP contribution is -1.86. The first-order chi connectivity index (χ1) is 8.59. The van der Waals surface area contributed by atoms with Crippen LogP contribution in [-0.2, 0) is 6.42 Å². The molecule has 0 saturated heterocycles. The van der Waals surface area contributed by atoms with Crippen molar-refractivity contribution in [2.75, 3.05) is 0 Å². The number of phenols is 2. The lowest BCUT2D eigenvalue weighted by Gasteiger charge is -2.04. The number of phenolic OH excluding ortho intramolecular Hbond substituents is 2. The first kappa shape index (κ1) is 14.6. The van der Waals surface area contributed by atoms with E-state index in [0.717, 1.165) is 24.8 Å². The summed E-state index contributed by atoms with van der Waals surface area (Å²) in [6.45, 7) is 5.98. The highest BCUT2D eigenvalue weighted by Gasteiger charge is 2.00. The summed E-state index contributed by atoms with van der Waals surface area (Å²) in [5.41, 5.74) is 2.36. The lowest BCUT2D eigenvalue weighted by atomic mass is 10.0. The molecule has 2 N–H and O–H groups in total. The van der Waals surface area contributed by atoms with Crippen LogP contribution in [0.5, 0.6) is 11.5 Å². The molecular weight excluding hydrogens is 224 g/mol. The normalized spacial score (nSPS) is 10.5. The van der Waals surface area contributed by atoms with Crippen LogP contribution in [0.3, 0.4) is 0 Å². The van der Waals surface area contributed by atoms with Crippen molar-refractivity contribution in [1.82, 2.24) is 0 Å². The zero-order valence-corrected chi connectivity index (χ0v) is 11.3. The van der Waals surface area contributed by atoms with E-state index in [2.05, 4.69) is 13.5 Å². The summed E-state index contributed by atoms with van der Waals surface area (Å²) in [6, 6.07) is 5.07. The summed E-state index contributed by atoms with van der Waals surface area (Å²) in [4.78, 5) is 0.